The van der Waals surface area contributed by atoms with E-state index < -0.39 is 0 Å². The average molecular weight is 743 g/mol. The molecule has 274 valence electrons. The van der Waals surface area contributed by atoms with Crippen molar-refractivity contribution >= 4 is 21.8 Å². The zero-order valence-electron chi connectivity index (χ0n) is 32.3. The molecule has 0 radical (unpaired) electrons. The average Bonchev–Trinajstić information content (AvgIpc) is 3.74. The van der Waals surface area contributed by atoms with Crippen LogP contribution >= 0.6 is 0 Å². The maximum absolute atomic E-state index is 4.95. The number of fused-ring (bicyclic) bond motifs is 6. The summed E-state index contributed by atoms with van der Waals surface area (Å²) in [5, 5.41) is 2.44. The highest BCUT2D eigenvalue weighted by Gasteiger charge is 2.35. The molecule has 0 unspecified atom stereocenters. The first-order chi connectivity index (χ1) is 28.5. The Labute approximate surface area is 337 Å². The second kappa shape index (κ2) is 13.4. The number of nitrogens with zero attached hydrogens (tertiary/aromatic N) is 4. The summed E-state index contributed by atoms with van der Waals surface area (Å²) in [5.74, 6) is 1.95. The molecule has 2 heterocycles. The zero-order valence-corrected chi connectivity index (χ0v) is 32.3. The summed E-state index contributed by atoms with van der Waals surface area (Å²) in [4.78, 5) is 14.8. The minimum absolute atomic E-state index is 0.0202. The lowest BCUT2D eigenvalue weighted by atomic mass is 9.82. The van der Waals surface area contributed by atoms with Crippen molar-refractivity contribution in [3.05, 3.63) is 205 Å². The van der Waals surface area contributed by atoms with Crippen molar-refractivity contribution in [1.29, 1.82) is 0 Å². The van der Waals surface area contributed by atoms with Crippen LogP contribution in [-0.2, 0) is 5.41 Å². The van der Waals surface area contributed by atoms with Gasteiger partial charge < -0.3 is 4.57 Å². The Morgan fingerprint density at radius 3 is 1.34 bits per heavy atom. The highest BCUT2D eigenvalue weighted by atomic mass is 15.0. The van der Waals surface area contributed by atoms with Crippen LogP contribution in [0.3, 0.4) is 0 Å². The van der Waals surface area contributed by atoms with E-state index in [9.17, 15) is 0 Å². The summed E-state index contributed by atoms with van der Waals surface area (Å²) in [7, 11) is 0. The van der Waals surface area contributed by atoms with Gasteiger partial charge in [0.05, 0.1) is 11.0 Å². The van der Waals surface area contributed by atoms with Crippen molar-refractivity contribution in [3.8, 4) is 73.2 Å². The highest BCUT2D eigenvalue weighted by Crippen LogP contribution is 2.49. The fourth-order valence-electron chi connectivity index (χ4n) is 8.89. The van der Waals surface area contributed by atoms with Crippen LogP contribution in [0.1, 0.15) is 25.0 Å². The maximum Gasteiger partial charge on any atom is 0.164 e. The van der Waals surface area contributed by atoms with Crippen molar-refractivity contribution in [2.24, 2.45) is 0 Å². The van der Waals surface area contributed by atoms with Gasteiger partial charge in [0, 0.05) is 38.6 Å². The van der Waals surface area contributed by atoms with E-state index in [-0.39, 0.29) is 5.41 Å². The summed E-state index contributed by atoms with van der Waals surface area (Å²) in [5.41, 5.74) is 16.5. The molecular formula is C54H38N4. The normalized spacial score (nSPS) is 12.8. The van der Waals surface area contributed by atoms with E-state index in [1.165, 1.54) is 55.2 Å². The van der Waals surface area contributed by atoms with E-state index in [2.05, 4.69) is 152 Å². The summed E-state index contributed by atoms with van der Waals surface area (Å²) >= 11 is 0. The van der Waals surface area contributed by atoms with Crippen LogP contribution in [0.4, 0.5) is 0 Å². The molecule has 4 nitrogen and oxygen atoms in total. The minimum atomic E-state index is -0.0202. The van der Waals surface area contributed by atoms with Gasteiger partial charge in [0.15, 0.2) is 17.5 Å². The molecule has 0 saturated carbocycles. The largest absolute Gasteiger partial charge is 0.309 e. The second-order valence-corrected chi connectivity index (χ2v) is 15.7. The first-order valence-corrected chi connectivity index (χ1v) is 19.9. The number of rotatable bonds is 6. The Bertz CT molecular complexity index is 3110. The molecule has 0 aliphatic heterocycles. The van der Waals surface area contributed by atoms with Gasteiger partial charge in [-0.15, -0.1) is 0 Å². The second-order valence-electron chi connectivity index (χ2n) is 15.7. The lowest BCUT2D eigenvalue weighted by molar-refractivity contribution is 0.660. The third-order valence-corrected chi connectivity index (χ3v) is 11.9. The van der Waals surface area contributed by atoms with Gasteiger partial charge in [-0.1, -0.05) is 166 Å². The van der Waals surface area contributed by atoms with E-state index in [1.54, 1.807) is 0 Å². The summed E-state index contributed by atoms with van der Waals surface area (Å²) < 4.78 is 2.39. The van der Waals surface area contributed by atoms with E-state index in [0.29, 0.717) is 17.5 Å². The molecule has 58 heavy (non-hydrogen) atoms. The van der Waals surface area contributed by atoms with Gasteiger partial charge in [-0.2, -0.15) is 0 Å². The van der Waals surface area contributed by atoms with Crippen molar-refractivity contribution in [2.75, 3.05) is 0 Å². The van der Waals surface area contributed by atoms with Gasteiger partial charge >= 0.3 is 0 Å². The number of hydrogen-bond acceptors (Lipinski definition) is 3. The Kier molecular flexibility index (Phi) is 7.80. The van der Waals surface area contributed by atoms with Crippen molar-refractivity contribution < 1.29 is 0 Å². The molecule has 11 rings (SSSR count). The number of hydrogen-bond donors (Lipinski definition) is 0. The monoisotopic (exact) mass is 742 g/mol. The molecule has 1 aliphatic carbocycles. The number of para-hydroxylation sites is 1. The molecule has 0 amide bonds. The lowest BCUT2D eigenvalue weighted by Gasteiger charge is -2.21. The van der Waals surface area contributed by atoms with E-state index in [0.717, 1.165) is 33.5 Å². The summed E-state index contributed by atoms with van der Waals surface area (Å²) in [6, 6.07) is 69.2. The van der Waals surface area contributed by atoms with Gasteiger partial charge in [0.2, 0.25) is 0 Å². The molecule has 10 aromatic rings. The molecule has 4 heteroatoms. The molecule has 0 saturated heterocycles. The van der Waals surface area contributed by atoms with Gasteiger partial charge in [-0.3, -0.25) is 0 Å². The maximum atomic E-state index is 4.95. The van der Waals surface area contributed by atoms with Crippen molar-refractivity contribution in [2.45, 2.75) is 19.3 Å². The van der Waals surface area contributed by atoms with Gasteiger partial charge in [-0.25, -0.2) is 15.0 Å². The molecule has 0 spiro atoms. The molecule has 8 aromatic carbocycles. The SMILES string of the molecule is CC1(C)c2ccccc2-c2cc(-c3ccc4c(c3)c3cc(-c5ccc(-c6nc(-c7ccccc7)nc(-c7ccccc7)n6)cc5)ccc3n4-c3ccccc3)ccc21. The number of aromatic nitrogens is 4. The molecule has 2 aromatic heterocycles. The van der Waals surface area contributed by atoms with E-state index >= 15 is 0 Å². The van der Waals surface area contributed by atoms with Crippen molar-refractivity contribution in [1.82, 2.24) is 19.5 Å². The molecule has 1 aliphatic rings. The Hall–Kier alpha value is -7.43. The van der Waals surface area contributed by atoms with Crippen molar-refractivity contribution in [3.63, 3.8) is 0 Å². The Morgan fingerprint density at radius 1 is 0.345 bits per heavy atom. The standard InChI is InChI=1S/C54H38N4/c1-54(2)47-21-13-12-20-43(47)44-32-40(26-29-48(44)54)41-28-31-50-46(34-41)45-33-39(27-30-49(45)58(50)42-18-10-5-11-19-42)35-22-24-38(25-23-35)53-56-51(36-14-6-3-7-15-36)55-52(57-53)37-16-8-4-9-17-37/h3-34H,1-2H3. The molecule has 0 fully saturated rings. The third-order valence-electron chi connectivity index (χ3n) is 11.9. The van der Waals surface area contributed by atoms with Crippen LogP contribution in [0.2, 0.25) is 0 Å². The van der Waals surface area contributed by atoms with Crippen LogP contribution < -0.4 is 0 Å². The fraction of sp³-hybridized carbons (Fsp3) is 0.0556. The first-order valence-electron chi connectivity index (χ1n) is 19.9. The van der Waals surface area contributed by atoms with Crippen LogP contribution in [0.15, 0.2) is 194 Å². The predicted molar refractivity (Wildman–Crippen MR) is 239 cm³/mol. The van der Waals surface area contributed by atoms with E-state index in [4.69, 9.17) is 15.0 Å². The topological polar surface area (TPSA) is 43.6 Å². The zero-order chi connectivity index (χ0) is 38.8. The fourth-order valence-corrected chi connectivity index (χ4v) is 8.89. The van der Waals surface area contributed by atoms with Crippen LogP contribution in [0, 0.1) is 0 Å². The van der Waals surface area contributed by atoms with Gasteiger partial charge in [-0.05, 0) is 87.0 Å². The molecular weight excluding hydrogens is 705 g/mol. The summed E-state index contributed by atoms with van der Waals surface area (Å²) in [6.07, 6.45) is 0. The highest BCUT2D eigenvalue weighted by molar-refractivity contribution is 6.11. The van der Waals surface area contributed by atoms with Gasteiger partial charge in [0.1, 0.15) is 0 Å². The smallest absolute Gasteiger partial charge is 0.164 e. The Balaban J connectivity index is 1.02. The Morgan fingerprint density at radius 2 is 0.759 bits per heavy atom. The van der Waals surface area contributed by atoms with Crippen LogP contribution in [-0.4, -0.2) is 19.5 Å². The minimum Gasteiger partial charge on any atom is -0.309 e. The number of benzene rings is 8. The third kappa shape index (κ3) is 5.56. The molecule has 0 bridgehead atoms. The van der Waals surface area contributed by atoms with Crippen LogP contribution in [0.25, 0.3) is 95.0 Å². The quantitative estimate of drug-likeness (QED) is 0.170. The van der Waals surface area contributed by atoms with Crippen LogP contribution in [0.5, 0.6) is 0 Å². The molecule has 0 N–H and O–H groups in total. The lowest BCUT2D eigenvalue weighted by Crippen LogP contribution is -2.14. The predicted octanol–water partition coefficient (Wildman–Crippen LogP) is 13.6. The summed E-state index contributed by atoms with van der Waals surface area (Å²) in [6.45, 7) is 4.67. The first kappa shape index (κ1) is 33.9. The molecule has 0 atom stereocenters. The van der Waals surface area contributed by atoms with Gasteiger partial charge in [0.25, 0.3) is 0 Å². The van der Waals surface area contributed by atoms with E-state index in [1.807, 2.05) is 60.7 Å².